The van der Waals surface area contributed by atoms with Crippen molar-refractivity contribution in [1.82, 2.24) is 10.2 Å². The molecule has 0 radical (unpaired) electrons. The smallest absolute Gasteiger partial charge is 0.276 e. The maximum absolute atomic E-state index is 12.4. The van der Waals surface area contributed by atoms with Crippen molar-refractivity contribution in [2.45, 2.75) is 44.6 Å². The fraction of sp³-hybridized carbons (Fsp3) is 0.421. The maximum Gasteiger partial charge on any atom is 0.276 e. The average molecular weight is 354 g/mol. The van der Waals surface area contributed by atoms with Gasteiger partial charge in [0.15, 0.2) is 17.2 Å². The summed E-state index contributed by atoms with van der Waals surface area (Å²) in [4.78, 5) is 12.4. The van der Waals surface area contributed by atoms with Gasteiger partial charge in [0.2, 0.25) is 6.79 Å². The van der Waals surface area contributed by atoms with Crippen LogP contribution in [0.3, 0.4) is 0 Å². The van der Waals surface area contributed by atoms with Crippen LogP contribution in [-0.2, 0) is 0 Å². The molecule has 7 nitrogen and oxygen atoms in total. The summed E-state index contributed by atoms with van der Waals surface area (Å²) in [6, 6.07) is 9.21. The molecule has 2 aliphatic rings. The van der Waals surface area contributed by atoms with Crippen molar-refractivity contribution in [3.8, 4) is 11.5 Å². The third-order valence-corrected chi connectivity index (χ3v) is 4.73. The second kappa shape index (κ2) is 7.59. The van der Waals surface area contributed by atoms with Crippen molar-refractivity contribution < 1.29 is 14.3 Å². The molecule has 1 aromatic heterocycles. The van der Waals surface area contributed by atoms with Gasteiger partial charge in [-0.15, -0.1) is 10.2 Å². The molecule has 4 rings (SSSR count). The molecule has 2 heterocycles. The molecule has 2 N–H and O–H groups in total. The van der Waals surface area contributed by atoms with Crippen LogP contribution in [0, 0.1) is 0 Å². The number of hydrogen-bond acceptors (Lipinski definition) is 6. The second-order valence-corrected chi connectivity index (χ2v) is 6.66. The molecule has 0 unspecified atom stereocenters. The summed E-state index contributed by atoms with van der Waals surface area (Å²) in [5.41, 5.74) is 0.899. The molecule has 0 saturated heterocycles. The van der Waals surface area contributed by atoms with Gasteiger partial charge in [-0.2, -0.15) is 0 Å². The Hall–Kier alpha value is -2.83. The van der Waals surface area contributed by atoms with E-state index in [1.165, 1.54) is 25.7 Å². The van der Waals surface area contributed by atoms with Gasteiger partial charge in [-0.25, -0.2) is 0 Å². The molecule has 1 aromatic carbocycles. The van der Waals surface area contributed by atoms with Crippen molar-refractivity contribution in [2.24, 2.45) is 0 Å². The first-order valence-electron chi connectivity index (χ1n) is 9.09. The van der Waals surface area contributed by atoms with Gasteiger partial charge >= 0.3 is 0 Å². The number of nitrogens with zero attached hydrogens (tertiary/aromatic N) is 2. The van der Waals surface area contributed by atoms with Gasteiger partial charge in [-0.1, -0.05) is 25.7 Å². The molecule has 1 amide bonds. The van der Waals surface area contributed by atoms with Crippen LogP contribution >= 0.6 is 0 Å². The van der Waals surface area contributed by atoms with Gasteiger partial charge in [0.25, 0.3) is 5.91 Å². The van der Waals surface area contributed by atoms with Crippen LogP contribution in [-0.4, -0.2) is 28.9 Å². The molecule has 136 valence electrons. The van der Waals surface area contributed by atoms with Gasteiger partial charge in [0.1, 0.15) is 5.82 Å². The topological polar surface area (TPSA) is 85.4 Å². The lowest BCUT2D eigenvalue weighted by Gasteiger charge is -2.16. The molecule has 1 aliphatic carbocycles. The van der Waals surface area contributed by atoms with E-state index in [1.54, 1.807) is 24.3 Å². The molecule has 0 atom stereocenters. The number of hydrogen-bond donors (Lipinski definition) is 2. The Kier molecular flexibility index (Phi) is 4.86. The largest absolute Gasteiger partial charge is 0.454 e. The van der Waals surface area contributed by atoms with Gasteiger partial charge in [0, 0.05) is 17.8 Å². The number of fused-ring (bicyclic) bond motifs is 1. The molecule has 2 aromatic rings. The Balaban J connectivity index is 1.37. The van der Waals surface area contributed by atoms with Crippen LogP contribution in [0.15, 0.2) is 30.3 Å². The Morgan fingerprint density at radius 1 is 0.962 bits per heavy atom. The van der Waals surface area contributed by atoms with Gasteiger partial charge in [-0.3, -0.25) is 4.79 Å². The predicted octanol–water partition coefficient (Wildman–Crippen LogP) is 3.59. The van der Waals surface area contributed by atoms with Crippen molar-refractivity contribution in [1.29, 1.82) is 0 Å². The fourth-order valence-electron chi connectivity index (χ4n) is 3.33. The first-order chi connectivity index (χ1) is 12.8. The van der Waals surface area contributed by atoms with Crippen LogP contribution in [0.25, 0.3) is 0 Å². The number of carbonyl (C=O) groups excluding carboxylic acids is 1. The van der Waals surface area contributed by atoms with Crippen LogP contribution in [0.1, 0.15) is 49.0 Å². The minimum Gasteiger partial charge on any atom is -0.454 e. The molecule has 0 bridgehead atoms. The van der Waals surface area contributed by atoms with Gasteiger partial charge in [0.05, 0.1) is 0 Å². The maximum atomic E-state index is 12.4. The third-order valence-electron chi connectivity index (χ3n) is 4.73. The zero-order chi connectivity index (χ0) is 17.8. The second-order valence-electron chi connectivity index (χ2n) is 6.66. The molecular formula is C19H22N4O3. The monoisotopic (exact) mass is 354 g/mol. The van der Waals surface area contributed by atoms with E-state index in [2.05, 4.69) is 20.8 Å². The number of ether oxygens (including phenoxy) is 2. The molecule has 7 heteroatoms. The zero-order valence-electron chi connectivity index (χ0n) is 14.5. The van der Waals surface area contributed by atoms with Crippen molar-refractivity contribution in [3.63, 3.8) is 0 Å². The van der Waals surface area contributed by atoms with Gasteiger partial charge in [-0.05, 0) is 37.1 Å². The SMILES string of the molecule is O=C(Nc1ccc2c(c1)OCO2)c1ccc(NC2CCCCCC2)nn1. The quantitative estimate of drug-likeness (QED) is 0.816. The Morgan fingerprint density at radius 2 is 1.77 bits per heavy atom. The first kappa shape index (κ1) is 16.6. The lowest BCUT2D eigenvalue weighted by atomic mass is 10.1. The van der Waals surface area contributed by atoms with Crippen molar-refractivity contribution >= 4 is 17.4 Å². The number of carbonyl (C=O) groups is 1. The van der Waals surface area contributed by atoms with E-state index in [9.17, 15) is 4.79 Å². The Bertz CT molecular complexity index is 771. The number of rotatable bonds is 4. The lowest BCUT2D eigenvalue weighted by Crippen LogP contribution is -2.20. The zero-order valence-corrected chi connectivity index (χ0v) is 14.5. The third kappa shape index (κ3) is 3.87. The first-order valence-corrected chi connectivity index (χ1v) is 9.09. The molecule has 1 fully saturated rings. The normalized spacial score (nSPS) is 16.8. The van der Waals surface area contributed by atoms with E-state index in [0.717, 1.165) is 18.7 Å². The van der Waals surface area contributed by atoms with Crippen molar-refractivity contribution in [3.05, 3.63) is 36.0 Å². The van der Waals surface area contributed by atoms with Crippen LogP contribution in [0.4, 0.5) is 11.5 Å². The number of anilines is 2. The average Bonchev–Trinajstić information content (AvgIpc) is 2.97. The highest BCUT2D eigenvalue weighted by molar-refractivity contribution is 6.03. The highest BCUT2D eigenvalue weighted by Gasteiger charge is 2.16. The molecular weight excluding hydrogens is 332 g/mol. The molecule has 26 heavy (non-hydrogen) atoms. The van der Waals surface area contributed by atoms with E-state index >= 15 is 0 Å². The summed E-state index contributed by atoms with van der Waals surface area (Å²) in [6.07, 6.45) is 7.44. The summed E-state index contributed by atoms with van der Waals surface area (Å²) in [5.74, 6) is 1.71. The Labute approximate surface area is 152 Å². The van der Waals surface area contributed by atoms with E-state index in [-0.39, 0.29) is 18.4 Å². The van der Waals surface area contributed by atoms with Gasteiger partial charge < -0.3 is 20.1 Å². The van der Waals surface area contributed by atoms with E-state index < -0.39 is 0 Å². The van der Waals surface area contributed by atoms with Crippen LogP contribution < -0.4 is 20.1 Å². The highest BCUT2D eigenvalue weighted by Crippen LogP contribution is 2.34. The highest BCUT2D eigenvalue weighted by atomic mass is 16.7. The molecule has 1 aliphatic heterocycles. The standard InChI is InChI=1S/C19H22N4O3/c24-19(21-14-7-9-16-17(11-14)26-12-25-16)15-8-10-18(23-22-15)20-13-5-3-1-2-4-6-13/h7-11,13H,1-6,12H2,(H,20,23)(H,21,24). The summed E-state index contributed by atoms with van der Waals surface area (Å²) in [6.45, 7) is 0.202. The summed E-state index contributed by atoms with van der Waals surface area (Å²) in [7, 11) is 0. The number of nitrogens with one attached hydrogen (secondary N) is 2. The number of aromatic nitrogens is 2. The van der Waals surface area contributed by atoms with Crippen molar-refractivity contribution in [2.75, 3.05) is 17.4 Å². The molecule has 0 spiro atoms. The van der Waals surface area contributed by atoms with Crippen LogP contribution in [0.2, 0.25) is 0 Å². The van der Waals surface area contributed by atoms with E-state index in [0.29, 0.717) is 23.2 Å². The summed E-state index contributed by atoms with van der Waals surface area (Å²) < 4.78 is 10.6. The van der Waals surface area contributed by atoms with E-state index in [1.807, 2.05) is 6.07 Å². The molecule has 1 saturated carbocycles. The minimum absolute atomic E-state index is 0.202. The summed E-state index contributed by atoms with van der Waals surface area (Å²) in [5, 5.41) is 14.4. The van der Waals surface area contributed by atoms with E-state index in [4.69, 9.17) is 9.47 Å². The minimum atomic E-state index is -0.308. The Morgan fingerprint density at radius 3 is 2.54 bits per heavy atom. The number of benzene rings is 1. The number of amides is 1. The van der Waals surface area contributed by atoms with Crippen LogP contribution in [0.5, 0.6) is 11.5 Å². The lowest BCUT2D eigenvalue weighted by molar-refractivity contribution is 0.102. The predicted molar refractivity (Wildman–Crippen MR) is 97.7 cm³/mol. The fourth-order valence-corrected chi connectivity index (χ4v) is 3.33. The summed E-state index contributed by atoms with van der Waals surface area (Å²) >= 11 is 0.